The molecule has 0 aliphatic carbocycles. The van der Waals surface area contributed by atoms with E-state index in [0.29, 0.717) is 11.3 Å². The number of halogens is 1. The number of aryl methyl sites for hydroxylation is 1. The topological polar surface area (TPSA) is 55.1 Å². The van der Waals surface area contributed by atoms with Gasteiger partial charge in [-0.05, 0) is 12.1 Å². The van der Waals surface area contributed by atoms with Crippen molar-refractivity contribution in [2.75, 3.05) is 0 Å². The van der Waals surface area contributed by atoms with Crippen molar-refractivity contribution in [3.05, 3.63) is 42.1 Å². The van der Waals surface area contributed by atoms with Gasteiger partial charge in [-0.2, -0.15) is 0 Å². The Morgan fingerprint density at radius 2 is 2.25 bits per heavy atom. The van der Waals surface area contributed by atoms with Crippen molar-refractivity contribution in [3.63, 3.8) is 0 Å². The molecule has 1 aromatic heterocycles. The van der Waals surface area contributed by atoms with Crippen LogP contribution in [0.2, 0.25) is 0 Å². The fourth-order valence-electron chi connectivity index (χ4n) is 1.56. The van der Waals surface area contributed by atoms with E-state index in [1.165, 1.54) is 24.5 Å². The van der Waals surface area contributed by atoms with Gasteiger partial charge >= 0.3 is 5.97 Å². The van der Waals surface area contributed by atoms with Gasteiger partial charge in [0.15, 0.2) is 5.69 Å². The van der Waals surface area contributed by atoms with Crippen LogP contribution in [0.25, 0.3) is 11.3 Å². The molecular weight excluding hydrogens is 211 g/mol. The third kappa shape index (κ3) is 1.67. The number of rotatable bonds is 2. The summed E-state index contributed by atoms with van der Waals surface area (Å²) >= 11 is 0. The molecule has 1 aromatic carbocycles. The number of carboxylic acid groups (broad SMARTS) is 1. The van der Waals surface area contributed by atoms with Gasteiger partial charge in [0.1, 0.15) is 5.82 Å². The van der Waals surface area contributed by atoms with Crippen LogP contribution in [0.5, 0.6) is 0 Å². The van der Waals surface area contributed by atoms with E-state index in [9.17, 15) is 9.18 Å². The lowest BCUT2D eigenvalue weighted by Gasteiger charge is -2.03. The second kappa shape index (κ2) is 3.77. The summed E-state index contributed by atoms with van der Waals surface area (Å²) in [5.74, 6) is -1.53. The van der Waals surface area contributed by atoms with E-state index in [0.717, 1.165) is 0 Å². The van der Waals surface area contributed by atoms with E-state index in [1.54, 1.807) is 17.7 Å². The Morgan fingerprint density at radius 3 is 2.88 bits per heavy atom. The summed E-state index contributed by atoms with van der Waals surface area (Å²) in [6.45, 7) is 0. The first-order chi connectivity index (χ1) is 7.59. The first kappa shape index (κ1) is 10.4. The van der Waals surface area contributed by atoms with Crippen molar-refractivity contribution in [1.82, 2.24) is 9.55 Å². The Morgan fingerprint density at radius 1 is 1.50 bits per heavy atom. The summed E-state index contributed by atoms with van der Waals surface area (Å²) in [5, 5.41) is 8.94. The Kier molecular flexibility index (Phi) is 2.44. The smallest absolute Gasteiger partial charge is 0.356 e. The standard InChI is InChI=1S/C11H9FN2O2/c1-14-6-13-9(11(15)16)10(14)7-3-2-4-8(12)5-7/h2-6H,1H3,(H,15,16). The van der Waals surface area contributed by atoms with Gasteiger partial charge in [-0.15, -0.1) is 0 Å². The fraction of sp³-hybridized carbons (Fsp3) is 0.0909. The number of aromatic carboxylic acids is 1. The van der Waals surface area contributed by atoms with E-state index in [2.05, 4.69) is 4.98 Å². The first-order valence-corrected chi connectivity index (χ1v) is 4.60. The number of carboxylic acids is 1. The summed E-state index contributed by atoms with van der Waals surface area (Å²) in [7, 11) is 1.67. The molecule has 0 aliphatic rings. The van der Waals surface area contributed by atoms with Crippen LogP contribution in [0.3, 0.4) is 0 Å². The Balaban J connectivity index is 2.63. The maximum atomic E-state index is 13.0. The number of benzene rings is 1. The third-order valence-corrected chi connectivity index (χ3v) is 2.24. The first-order valence-electron chi connectivity index (χ1n) is 4.60. The normalized spacial score (nSPS) is 10.4. The summed E-state index contributed by atoms with van der Waals surface area (Å²) in [6, 6.07) is 5.76. The number of nitrogens with zero attached hydrogens (tertiary/aromatic N) is 2. The van der Waals surface area contributed by atoms with Crippen LogP contribution < -0.4 is 0 Å². The molecule has 0 atom stereocenters. The predicted octanol–water partition coefficient (Wildman–Crippen LogP) is 1.92. The third-order valence-electron chi connectivity index (χ3n) is 2.24. The lowest BCUT2D eigenvalue weighted by atomic mass is 10.1. The van der Waals surface area contributed by atoms with Gasteiger partial charge in [0.25, 0.3) is 0 Å². The van der Waals surface area contributed by atoms with Gasteiger partial charge in [-0.3, -0.25) is 0 Å². The average Bonchev–Trinajstić information content (AvgIpc) is 2.60. The molecule has 0 saturated heterocycles. The van der Waals surface area contributed by atoms with Crippen molar-refractivity contribution in [2.45, 2.75) is 0 Å². The molecule has 5 heteroatoms. The average molecular weight is 220 g/mol. The molecule has 82 valence electrons. The number of aromatic nitrogens is 2. The largest absolute Gasteiger partial charge is 0.476 e. The molecule has 1 N–H and O–H groups in total. The van der Waals surface area contributed by atoms with Crippen LogP contribution in [0.4, 0.5) is 4.39 Å². The van der Waals surface area contributed by atoms with Crippen LogP contribution >= 0.6 is 0 Å². The maximum Gasteiger partial charge on any atom is 0.356 e. The van der Waals surface area contributed by atoms with Crippen LogP contribution in [0.1, 0.15) is 10.5 Å². The summed E-state index contributed by atoms with van der Waals surface area (Å²) in [5.41, 5.74) is 0.817. The minimum absolute atomic E-state index is 0.0758. The van der Waals surface area contributed by atoms with Crippen molar-refractivity contribution >= 4 is 5.97 Å². The number of hydrogen-bond donors (Lipinski definition) is 1. The zero-order valence-corrected chi connectivity index (χ0v) is 8.51. The van der Waals surface area contributed by atoms with Gasteiger partial charge in [0.05, 0.1) is 12.0 Å². The van der Waals surface area contributed by atoms with E-state index in [4.69, 9.17) is 5.11 Å². The molecule has 0 fully saturated rings. The number of carbonyl (C=O) groups is 1. The molecule has 2 rings (SSSR count). The predicted molar refractivity (Wildman–Crippen MR) is 55.6 cm³/mol. The van der Waals surface area contributed by atoms with E-state index in [-0.39, 0.29) is 5.69 Å². The van der Waals surface area contributed by atoms with Crippen molar-refractivity contribution in [2.24, 2.45) is 7.05 Å². The monoisotopic (exact) mass is 220 g/mol. The summed E-state index contributed by atoms with van der Waals surface area (Å²) in [6.07, 6.45) is 1.39. The number of imidazole rings is 1. The van der Waals surface area contributed by atoms with Gasteiger partial charge in [0, 0.05) is 12.6 Å². The van der Waals surface area contributed by atoms with E-state index < -0.39 is 11.8 Å². The lowest BCUT2D eigenvalue weighted by Crippen LogP contribution is -2.01. The summed E-state index contributed by atoms with van der Waals surface area (Å²) < 4.78 is 14.6. The van der Waals surface area contributed by atoms with Crippen LogP contribution in [0, 0.1) is 5.82 Å². The quantitative estimate of drug-likeness (QED) is 0.841. The van der Waals surface area contributed by atoms with Gasteiger partial charge in [0.2, 0.25) is 0 Å². The van der Waals surface area contributed by atoms with E-state index >= 15 is 0 Å². The second-order valence-electron chi connectivity index (χ2n) is 3.37. The molecule has 0 spiro atoms. The molecule has 1 heterocycles. The van der Waals surface area contributed by atoms with Gasteiger partial charge in [-0.25, -0.2) is 14.2 Å². The van der Waals surface area contributed by atoms with Crippen LogP contribution in [-0.4, -0.2) is 20.6 Å². The zero-order chi connectivity index (χ0) is 11.7. The Bertz CT molecular complexity index is 549. The van der Waals surface area contributed by atoms with Crippen molar-refractivity contribution in [3.8, 4) is 11.3 Å². The Hall–Kier alpha value is -2.17. The number of hydrogen-bond acceptors (Lipinski definition) is 2. The molecule has 0 radical (unpaired) electrons. The fourth-order valence-corrected chi connectivity index (χ4v) is 1.56. The highest BCUT2D eigenvalue weighted by atomic mass is 19.1. The summed E-state index contributed by atoms with van der Waals surface area (Å²) in [4.78, 5) is 14.7. The van der Waals surface area contributed by atoms with Gasteiger partial charge in [-0.1, -0.05) is 12.1 Å². The SMILES string of the molecule is Cn1cnc(C(=O)O)c1-c1cccc(F)c1. The van der Waals surface area contributed by atoms with Crippen molar-refractivity contribution in [1.29, 1.82) is 0 Å². The molecule has 2 aromatic rings. The lowest BCUT2D eigenvalue weighted by molar-refractivity contribution is 0.0692. The maximum absolute atomic E-state index is 13.0. The second-order valence-corrected chi connectivity index (χ2v) is 3.37. The minimum Gasteiger partial charge on any atom is -0.476 e. The highest BCUT2D eigenvalue weighted by Crippen LogP contribution is 2.23. The molecule has 0 amide bonds. The van der Waals surface area contributed by atoms with Gasteiger partial charge < -0.3 is 9.67 Å². The molecular formula is C11H9FN2O2. The molecule has 0 saturated carbocycles. The minimum atomic E-state index is -1.13. The highest BCUT2D eigenvalue weighted by molar-refractivity contribution is 5.92. The van der Waals surface area contributed by atoms with Crippen LogP contribution in [-0.2, 0) is 7.05 Å². The Labute approximate surface area is 91.0 Å². The zero-order valence-electron chi connectivity index (χ0n) is 8.51. The molecule has 0 unspecified atom stereocenters. The van der Waals surface area contributed by atoms with Crippen molar-refractivity contribution < 1.29 is 14.3 Å². The van der Waals surface area contributed by atoms with E-state index in [1.807, 2.05) is 0 Å². The molecule has 0 bridgehead atoms. The molecule has 16 heavy (non-hydrogen) atoms. The molecule has 0 aliphatic heterocycles. The van der Waals surface area contributed by atoms with Crippen LogP contribution in [0.15, 0.2) is 30.6 Å². The molecule has 4 nitrogen and oxygen atoms in total. The highest BCUT2D eigenvalue weighted by Gasteiger charge is 2.17.